The molecule has 1 aliphatic heterocycles. The summed E-state index contributed by atoms with van der Waals surface area (Å²) in [5.41, 5.74) is 9.16. The van der Waals surface area contributed by atoms with Gasteiger partial charge in [-0.25, -0.2) is 8.78 Å². The molecule has 0 saturated heterocycles. The van der Waals surface area contributed by atoms with Crippen molar-refractivity contribution in [2.24, 2.45) is 0 Å². The minimum Gasteiger partial charge on any atom is -0.399 e. The fraction of sp³-hybridized carbons (Fsp3) is 0.250. The van der Waals surface area contributed by atoms with Gasteiger partial charge in [0.2, 0.25) is 0 Å². The van der Waals surface area contributed by atoms with Crippen LogP contribution >= 0.6 is 0 Å². The van der Waals surface area contributed by atoms with Gasteiger partial charge in [-0.2, -0.15) is 0 Å². The third-order valence-electron chi connectivity index (χ3n) is 3.69. The third kappa shape index (κ3) is 2.46. The summed E-state index contributed by atoms with van der Waals surface area (Å²) in [4.78, 5) is 2.08. The molecule has 0 bridgehead atoms. The van der Waals surface area contributed by atoms with Crippen LogP contribution in [0.3, 0.4) is 0 Å². The number of halogens is 2. The van der Waals surface area contributed by atoms with Crippen LogP contribution < -0.4 is 10.6 Å². The van der Waals surface area contributed by atoms with Gasteiger partial charge in [-0.15, -0.1) is 0 Å². The van der Waals surface area contributed by atoms with Gasteiger partial charge in [0.1, 0.15) is 11.6 Å². The standard InChI is InChI=1S/C16H16F2N2/c17-13-3-5-15(18)12(8-13)10-20-7-1-2-11-9-14(19)4-6-16(11)20/h3-6,8-9H,1-2,7,10,19H2. The molecule has 0 aromatic heterocycles. The molecule has 0 atom stereocenters. The van der Waals surface area contributed by atoms with E-state index >= 15 is 0 Å². The Balaban J connectivity index is 1.91. The number of aryl methyl sites for hydroxylation is 1. The SMILES string of the molecule is Nc1ccc2c(c1)CCCN2Cc1cc(F)ccc1F. The van der Waals surface area contributed by atoms with Crippen molar-refractivity contribution >= 4 is 11.4 Å². The average molecular weight is 274 g/mol. The van der Waals surface area contributed by atoms with Crippen LogP contribution in [0.5, 0.6) is 0 Å². The van der Waals surface area contributed by atoms with Gasteiger partial charge >= 0.3 is 0 Å². The number of hydrogen-bond acceptors (Lipinski definition) is 2. The monoisotopic (exact) mass is 274 g/mol. The molecule has 4 heteroatoms. The summed E-state index contributed by atoms with van der Waals surface area (Å²) in [7, 11) is 0. The maximum atomic E-state index is 13.8. The second-order valence-electron chi connectivity index (χ2n) is 5.15. The molecule has 0 unspecified atom stereocenters. The number of fused-ring (bicyclic) bond motifs is 1. The molecular weight excluding hydrogens is 258 g/mol. The molecule has 3 rings (SSSR count). The smallest absolute Gasteiger partial charge is 0.128 e. The van der Waals surface area contributed by atoms with Crippen molar-refractivity contribution in [3.8, 4) is 0 Å². The van der Waals surface area contributed by atoms with Crippen LogP contribution in [-0.2, 0) is 13.0 Å². The summed E-state index contributed by atoms with van der Waals surface area (Å²) in [6.45, 7) is 1.22. The summed E-state index contributed by atoms with van der Waals surface area (Å²) in [6.07, 6.45) is 1.97. The number of nitrogens with two attached hydrogens (primary N) is 1. The maximum absolute atomic E-state index is 13.8. The van der Waals surface area contributed by atoms with Crippen LogP contribution in [0.4, 0.5) is 20.2 Å². The minimum absolute atomic E-state index is 0.367. The van der Waals surface area contributed by atoms with Gasteiger partial charge in [-0.1, -0.05) is 0 Å². The van der Waals surface area contributed by atoms with Crippen molar-refractivity contribution in [1.82, 2.24) is 0 Å². The van der Waals surface area contributed by atoms with Gasteiger partial charge < -0.3 is 10.6 Å². The van der Waals surface area contributed by atoms with Gasteiger partial charge in [-0.05, 0) is 54.8 Å². The molecule has 104 valence electrons. The van der Waals surface area contributed by atoms with E-state index in [-0.39, 0.29) is 5.82 Å². The lowest BCUT2D eigenvalue weighted by Gasteiger charge is -2.31. The zero-order valence-corrected chi connectivity index (χ0v) is 11.1. The Bertz CT molecular complexity index is 640. The summed E-state index contributed by atoms with van der Waals surface area (Å²) in [5.74, 6) is -0.773. The molecule has 0 aliphatic carbocycles. The van der Waals surface area contributed by atoms with Crippen LogP contribution in [0, 0.1) is 11.6 Å². The number of nitrogen functional groups attached to an aromatic ring is 1. The number of benzene rings is 2. The van der Waals surface area contributed by atoms with Crippen LogP contribution in [0.25, 0.3) is 0 Å². The first-order chi connectivity index (χ1) is 9.63. The third-order valence-corrected chi connectivity index (χ3v) is 3.69. The predicted octanol–water partition coefficient (Wildman–Crippen LogP) is 3.50. The van der Waals surface area contributed by atoms with Crippen molar-refractivity contribution in [3.63, 3.8) is 0 Å². The van der Waals surface area contributed by atoms with E-state index in [0.29, 0.717) is 12.1 Å². The lowest BCUT2D eigenvalue weighted by atomic mass is 10.0. The molecule has 0 fully saturated rings. The van der Waals surface area contributed by atoms with E-state index < -0.39 is 5.82 Å². The number of nitrogens with zero attached hydrogens (tertiary/aromatic N) is 1. The van der Waals surface area contributed by atoms with Crippen LogP contribution in [0.1, 0.15) is 17.5 Å². The Morgan fingerprint density at radius 1 is 1.10 bits per heavy atom. The van der Waals surface area contributed by atoms with Gasteiger partial charge in [0, 0.05) is 30.0 Å². The zero-order chi connectivity index (χ0) is 14.1. The van der Waals surface area contributed by atoms with Gasteiger partial charge in [0.15, 0.2) is 0 Å². The number of hydrogen-bond donors (Lipinski definition) is 1. The molecular formula is C16H16F2N2. The molecule has 0 spiro atoms. The van der Waals surface area contributed by atoms with E-state index in [2.05, 4.69) is 4.90 Å². The molecule has 20 heavy (non-hydrogen) atoms. The lowest BCUT2D eigenvalue weighted by molar-refractivity contribution is 0.577. The highest BCUT2D eigenvalue weighted by atomic mass is 19.1. The fourth-order valence-electron chi connectivity index (χ4n) is 2.73. The molecule has 2 nitrogen and oxygen atoms in total. The van der Waals surface area contributed by atoms with E-state index in [1.54, 1.807) is 0 Å². The minimum atomic E-state index is -0.407. The first-order valence-electron chi connectivity index (χ1n) is 6.71. The van der Waals surface area contributed by atoms with Crippen molar-refractivity contribution in [2.75, 3.05) is 17.2 Å². The first kappa shape index (κ1) is 12.9. The Labute approximate surface area is 116 Å². The second kappa shape index (κ2) is 5.12. The van der Waals surface area contributed by atoms with E-state index in [1.165, 1.54) is 17.7 Å². The second-order valence-corrected chi connectivity index (χ2v) is 5.15. The van der Waals surface area contributed by atoms with Crippen molar-refractivity contribution in [1.29, 1.82) is 0 Å². The summed E-state index contributed by atoms with van der Waals surface area (Å²) >= 11 is 0. The molecule has 2 aromatic rings. The number of rotatable bonds is 2. The highest BCUT2D eigenvalue weighted by Crippen LogP contribution is 2.30. The van der Waals surface area contributed by atoms with Crippen LogP contribution in [0.15, 0.2) is 36.4 Å². The van der Waals surface area contributed by atoms with E-state index in [0.717, 1.165) is 36.8 Å². The van der Waals surface area contributed by atoms with Gasteiger partial charge in [0.05, 0.1) is 0 Å². The normalized spacial score (nSPS) is 14.2. The topological polar surface area (TPSA) is 29.3 Å². The Kier molecular flexibility index (Phi) is 3.30. The molecule has 1 heterocycles. The molecule has 0 radical (unpaired) electrons. The highest BCUT2D eigenvalue weighted by Gasteiger charge is 2.18. The molecule has 0 amide bonds. The van der Waals surface area contributed by atoms with E-state index in [4.69, 9.17) is 5.73 Å². The predicted molar refractivity (Wildman–Crippen MR) is 76.6 cm³/mol. The van der Waals surface area contributed by atoms with Crippen molar-refractivity contribution < 1.29 is 8.78 Å². The summed E-state index contributed by atoms with van der Waals surface area (Å²) < 4.78 is 27.0. The Hall–Kier alpha value is -2.10. The maximum Gasteiger partial charge on any atom is 0.128 e. The largest absolute Gasteiger partial charge is 0.399 e. The molecule has 2 N–H and O–H groups in total. The molecule has 0 saturated carbocycles. The van der Waals surface area contributed by atoms with Crippen molar-refractivity contribution in [3.05, 3.63) is 59.2 Å². The summed E-state index contributed by atoms with van der Waals surface area (Å²) in [5, 5.41) is 0. The fourth-order valence-corrected chi connectivity index (χ4v) is 2.73. The molecule has 1 aliphatic rings. The average Bonchev–Trinajstić information content (AvgIpc) is 2.43. The lowest BCUT2D eigenvalue weighted by Crippen LogP contribution is -2.29. The zero-order valence-electron chi connectivity index (χ0n) is 11.1. The van der Waals surface area contributed by atoms with Crippen LogP contribution in [0.2, 0.25) is 0 Å². The Morgan fingerprint density at radius 3 is 2.80 bits per heavy atom. The van der Waals surface area contributed by atoms with Crippen LogP contribution in [-0.4, -0.2) is 6.54 Å². The van der Waals surface area contributed by atoms with Crippen molar-refractivity contribution in [2.45, 2.75) is 19.4 Å². The molecule has 2 aromatic carbocycles. The van der Waals surface area contributed by atoms with Gasteiger partial charge in [-0.3, -0.25) is 0 Å². The quantitative estimate of drug-likeness (QED) is 0.849. The van der Waals surface area contributed by atoms with E-state index in [1.807, 2.05) is 18.2 Å². The first-order valence-corrected chi connectivity index (χ1v) is 6.71. The van der Waals surface area contributed by atoms with Gasteiger partial charge in [0.25, 0.3) is 0 Å². The Morgan fingerprint density at radius 2 is 1.95 bits per heavy atom. The number of anilines is 2. The van der Waals surface area contributed by atoms with E-state index in [9.17, 15) is 8.78 Å². The highest BCUT2D eigenvalue weighted by molar-refractivity contribution is 5.61. The summed E-state index contributed by atoms with van der Waals surface area (Å²) in [6, 6.07) is 9.35.